The lowest BCUT2D eigenvalue weighted by Gasteiger charge is -2.17. The molecular weight excluding hydrogens is 320 g/mol. The fourth-order valence-electron chi connectivity index (χ4n) is 2.58. The summed E-state index contributed by atoms with van der Waals surface area (Å²) in [6.07, 6.45) is -0.682. The predicted molar refractivity (Wildman–Crippen MR) is 98.2 cm³/mol. The Labute approximate surface area is 145 Å². The van der Waals surface area contributed by atoms with E-state index in [0.29, 0.717) is 0 Å². The number of nitrogens with one attached hydrogen (secondary N) is 2. The first-order chi connectivity index (χ1) is 11.6. The maximum Gasteiger partial charge on any atom is 0.315 e. The second-order valence-electron chi connectivity index (χ2n) is 5.76. The zero-order chi connectivity index (χ0) is 16.9. The zero-order valence-corrected chi connectivity index (χ0v) is 14.2. The van der Waals surface area contributed by atoms with Gasteiger partial charge in [0.1, 0.15) is 0 Å². The summed E-state index contributed by atoms with van der Waals surface area (Å²) in [6.45, 7) is 2.13. The van der Waals surface area contributed by atoms with E-state index < -0.39 is 6.10 Å². The number of fused-ring (bicyclic) bond motifs is 1. The molecule has 124 valence electrons. The number of rotatable bonds is 5. The van der Waals surface area contributed by atoms with Crippen molar-refractivity contribution in [2.24, 2.45) is 0 Å². The molecule has 1 aromatic heterocycles. The molecule has 2 aromatic carbocycles. The van der Waals surface area contributed by atoms with Gasteiger partial charge in [-0.1, -0.05) is 36.4 Å². The molecule has 0 saturated heterocycles. The molecule has 0 aliphatic rings. The van der Waals surface area contributed by atoms with E-state index in [9.17, 15) is 9.90 Å². The van der Waals surface area contributed by atoms with Crippen molar-refractivity contribution < 1.29 is 9.90 Å². The van der Waals surface area contributed by atoms with Crippen LogP contribution in [0, 0.1) is 0 Å². The second kappa shape index (κ2) is 7.47. The van der Waals surface area contributed by atoms with Crippen LogP contribution in [-0.2, 0) is 0 Å². The molecule has 0 fully saturated rings. The number of thiophene rings is 1. The molecule has 5 heteroatoms. The van der Waals surface area contributed by atoms with Gasteiger partial charge in [0, 0.05) is 6.54 Å². The third-order valence-corrected chi connectivity index (χ3v) is 4.71. The van der Waals surface area contributed by atoms with E-state index in [-0.39, 0.29) is 18.6 Å². The number of amides is 2. The van der Waals surface area contributed by atoms with E-state index in [1.54, 1.807) is 0 Å². The molecule has 24 heavy (non-hydrogen) atoms. The third-order valence-electron chi connectivity index (χ3n) is 4.01. The van der Waals surface area contributed by atoms with Crippen LogP contribution in [0.1, 0.15) is 30.2 Å². The first-order valence-corrected chi connectivity index (χ1v) is 8.81. The highest BCUT2D eigenvalue weighted by molar-refractivity contribution is 7.07. The summed E-state index contributed by atoms with van der Waals surface area (Å²) in [7, 11) is 0. The minimum Gasteiger partial charge on any atom is -0.387 e. The highest BCUT2D eigenvalue weighted by Gasteiger charge is 2.12. The van der Waals surface area contributed by atoms with Crippen LogP contribution >= 0.6 is 11.3 Å². The summed E-state index contributed by atoms with van der Waals surface area (Å²) in [5, 5.41) is 21.7. The average molecular weight is 340 g/mol. The van der Waals surface area contributed by atoms with Crippen LogP contribution in [0.3, 0.4) is 0 Å². The van der Waals surface area contributed by atoms with Gasteiger partial charge in [-0.3, -0.25) is 0 Å². The van der Waals surface area contributed by atoms with Crippen LogP contribution in [0.15, 0.2) is 59.3 Å². The van der Waals surface area contributed by atoms with Crippen molar-refractivity contribution >= 4 is 28.1 Å². The van der Waals surface area contributed by atoms with E-state index in [1.807, 2.05) is 41.9 Å². The summed E-state index contributed by atoms with van der Waals surface area (Å²) in [6, 6.07) is 15.7. The number of hydrogen-bond donors (Lipinski definition) is 3. The van der Waals surface area contributed by atoms with Crippen LogP contribution in [0.5, 0.6) is 0 Å². The molecule has 3 N–H and O–H groups in total. The van der Waals surface area contributed by atoms with Gasteiger partial charge >= 0.3 is 6.03 Å². The van der Waals surface area contributed by atoms with Gasteiger partial charge in [-0.25, -0.2) is 4.79 Å². The van der Waals surface area contributed by atoms with Gasteiger partial charge in [-0.15, -0.1) is 0 Å². The monoisotopic (exact) mass is 340 g/mol. The standard InChI is InChI=1S/C19H20N2O2S/c1-13(15-7-6-14-4-2-3-5-16(14)10-15)21-19(23)20-11-18(22)17-8-9-24-12-17/h2-10,12-13,18,22H,11H2,1H3,(H2,20,21,23). The molecule has 2 atom stereocenters. The van der Waals surface area contributed by atoms with E-state index in [2.05, 4.69) is 34.9 Å². The van der Waals surface area contributed by atoms with Gasteiger partial charge in [-0.2, -0.15) is 11.3 Å². The lowest BCUT2D eigenvalue weighted by atomic mass is 10.0. The van der Waals surface area contributed by atoms with Crippen LogP contribution < -0.4 is 10.6 Å². The fraction of sp³-hybridized carbons (Fsp3) is 0.211. The van der Waals surface area contributed by atoms with E-state index in [4.69, 9.17) is 0 Å². The minimum atomic E-state index is -0.682. The summed E-state index contributed by atoms with van der Waals surface area (Å²) in [5.41, 5.74) is 1.87. The Kier molecular flexibility index (Phi) is 5.13. The molecule has 0 bridgehead atoms. The van der Waals surface area contributed by atoms with Crippen LogP contribution in [0.4, 0.5) is 4.79 Å². The number of hydrogen-bond acceptors (Lipinski definition) is 3. The Balaban J connectivity index is 1.56. The van der Waals surface area contributed by atoms with Gasteiger partial charge in [0.15, 0.2) is 0 Å². The molecule has 0 saturated carbocycles. The predicted octanol–water partition coefficient (Wildman–Crippen LogP) is 4.00. The summed E-state index contributed by atoms with van der Waals surface area (Å²) >= 11 is 1.52. The van der Waals surface area contributed by atoms with Gasteiger partial charge in [0.2, 0.25) is 0 Å². The van der Waals surface area contributed by atoms with Crippen molar-refractivity contribution in [3.63, 3.8) is 0 Å². The number of carbonyl (C=O) groups is 1. The van der Waals surface area contributed by atoms with Gasteiger partial charge in [0.05, 0.1) is 12.1 Å². The largest absolute Gasteiger partial charge is 0.387 e. The van der Waals surface area contributed by atoms with Crippen molar-refractivity contribution in [2.45, 2.75) is 19.1 Å². The Morgan fingerprint density at radius 2 is 1.92 bits per heavy atom. The summed E-state index contributed by atoms with van der Waals surface area (Å²) in [4.78, 5) is 12.0. The number of benzene rings is 2. The second-order valence-corrected chi connectivity index (χ2v) is 6.54. The maximum absolute atomic E-state index is 12.0. The minimum absolute atomic E-state index is 0.118. The molecule has 1 heterocycles. The van der Waals surface area contributed by atoms with E-state index in [0.717, 1.165) is 16.5 Å². The first-order valence-electron chi connectivity index (χ1n) is 7.86. The van der Waals surface area contributed by atoms with Crippen LogP contribution in [-0.4, -0.2) is 17.7 Å². The Morgan fingerprint density at radius 3 is 2.67 bits per heavy atom. The average Bonchev–Trinajstić information content (AvgIpc) is 3.14. The molecule has 0 aliphatic carbocycles. The highest BCUT2D eigenvalue weighted by Crippen LogP contribution is 2.20. The summed E-state index contributed by atoms with van der Waals surface area (Å²) in [5.74, 6) is 0. The molecule has 0 spiro atoms. The third kappa shape index (κ3) is 3.93. The SMILES string of the molecule is CC(NC(=O)NCC(O)c1ccsc1)c1ccc2ccccc2c1. The molecule has 0 aliphatic heterocycles. The Bertz CT molecular complexity index is 817. The normalized spacial score (nSPS) is 13.4. The van der Waals surface area contributed by atoms with Gasteiger partial charge in [-0.05, 0) is 51.7 Å². The maximum atomic E-state index is 12.0. The molecule has 3 rings (SSSR count). The number of carbonyl (C=O) groups excluding carboxylic acids is 1. The van der Waals surface area contributed by atoms with Gasteiger partial charge < -0.3 is 15.7 Å². The zero-order valence-electron chi connectivity index (χ0n) is 13.4. The van der Waals surface area contributed by atoms with Crippen LogP contribution in [0.2, 0.25) is 0 Å². The van der Waals surface area contributed by atoms with Crippen LogP contribution in [0.25, 0.3) is 10.8 Å². The number of aliphatic hydroxyl groups excluding tert-OH is 1. The Hall–Kier alpha value is -2.37. The van der Waals surface area contributed by atoms with Crippen molar-refractivity contribution in [3.05, 3.63) is 70.4 Å². The molecule has 3 aromatic rings. The number of aliphatic hydroxyl groups is 1. The lowest BCUT2D eigenvalue weighted by molar-refractivity contribution is 0.173. The molecular formula is C19H20N2O2S. The molecule has 0 radical (unpaired) electrons. The smallest absolute Gasteiger partial charge is 0.315 e. The Morgan fingerprint density at radius 1 is 1.12 bits per heavy atom. The van der Waals surface area contributed by atoms with E-state index in [1.165, 1.54) is 16.7 Å². The topological polar surface area (TPSA) is 61.4 Å². The first kappa shape index (κ1) is 16.5. The molecule has 4 nitrogen and oxygen atoms in total. The van der Waals surface area contributed by atoms with E-state index >= 15 is 0 Å². The molecule has 2 unspecified atom stereocenters. The van der Waals surface area contributed by atoms with Crippen molar-refractivity contribution in [2.75, 3.05) is 6.54 Å². The van der Waals surface area contributed by atoms with Gasteiger partial charge in [0.25, 0.3) is 0 Å². The lowest BCUT2D eigenvalue weighted by Crippen LogP contribution is -2.39. The highest BCUT2D eigenvalue weighted by atomic mass is 32.1. The van der Waals surface area contributed by atoms with Crippen molar-refractivity contribution in [1.82, 2.24) is 10.6 Å². The molecule has 2 amide bonds. The van der Waals surface area contributed by atoms with Crippen molar-refractivity contribution in [3.8, 4) is 0 Å². The van der Waals surface area contributed by atoms with Crippen molar-refractivity contribution in [1.29, 1.82) is 0 Å². The summed E-state index contributed by atoms with van der Waals surface area (Å²) < 4.78 is 0. The quantitative estimate of drug-likeness (QED) is 0.657. The number of urea groups is 1. The fourth-order valence-corrected chi connectivity index (χ4v) is 3.29.